The molecule has 0 aromatic heterocycles. The fraction of sp³-hybridized carbons (Fsp3) is 0.438. The van der Waals surface area contributed by atoms with E-state index in [1.54, 1.807) is 17.8 Å². The number of hydrogen-bond donors (Lipinski definition) is 0. The summed E-state index contributed by atoms with van der Waals surface area (Å²) in [7, 11) is 0. The molecule has 1 heterocycles. The molecular formula is C16H20O2S. The quantitative estimate of drug-likeness (QED) is 0.563. The minimum absolute atomic E-state index is 0.211. The van der Waals surface area contributed by atoms with E-state index in [0.717, 1.165) is 22.6 Å². The number of esters is 1. The Hall–Kier alpha value is -1.22. The number of carbonyl (C=O) groups excluding carboxylic acids is 1. The van der Waals surface area contributed by atoms with Gasteiger partial charge in [0, 0.05) is 15.9 Å². The van der Waals surface area contributed by atoms with Crippen molar-refractivity contribution in [2.45, 2.75) is 50.0 Å². The largest absolute Gasteiger partial charge is 0.451 e. The van der Waals surface area contributed by atoms with Crippen LogP contribution in [-0.4, -0.2) is 11.6 Å². The highest BCUT2D eigenvalue weighted by molar-refractivity contribution is 8.03. The molecule has 3 heteroatoms. The minimum Gasteiger partial charge on any atom is -0.451 e. The van der Waals surface area contributed by atoms with Crippen molar-refractivity contribution in [3.05, 3.63) is 41.3 Å². The molecule has 0 bridgehead atoms. The molecule has 2 rings (SSSR count). The van der Waals surface area contributed by atoms with E-state index in [0.29, 0.717) is 0 Å². The first kappa shape index (κ1) is 14.2. The standard InChI is InChI=1S/C16H20O2S/c1-3-4-8-11-16(2)14(12-15(17)18-16)19-13-9-6-5-7-10-13/h5-7,9-10,12H,3-4,8,11H2,1-2H3. The predicted molar refractivity (Wildman–Crippen MR) is 79.0 cm³/mol. The molecule has 1 aliphatic heterocycles. The fourth-order valence-electron chi connectivity index (χ4n) is 2.20. The summed E-state index contributed by atoms with van der Waals surface area (Å²) in [5.74, 6) is -0.211. The Morgan fingerprint density at radius 1 is 1.21 bits per heavy atom. The van der Waals surface area contributed by atoms with Crippen LogP contribution in [0.25, 0.3) is 0 Å². The van der Waals surface area contributed by atoms with Crippen LogP contribution in [0.15, 0.2) is 46.2 Å². The van der Waals surface area contributed by atoms with Gasteiger partial charge in [-0.15, -0.1) is 0 Å². The Balaban J connectivity index is 2.07. The van der Waals surface area contributed by atoms with Crippen molar-refractivity contribution in [1.29, 1.82) is 0 Å². The Bertz CT molecular complexity index is 467. The number of unbranched alkanes of at least 4 members (excludes halogenated alkanes) is 2. The smallest absolute Gasteiger partial charge is 0.332 e. The van der Waals surface area contributed by atoms with Crippen LogP contribution in [-0.2, 0) is 9.53 Å². The summed E-state index contributed by atoms with van der Waals surface area (Å²) >= 11 is 1.64. The summed E-state index contributed by atoms with van der Waals surface area (Å²) in [5.41, 5.74) is -0.438. The van der Waals surface area contributed by atoms with Crippen LogP contribution < -0.4 is 0 Å². The molecule has 0 radical (unpaired) electrons. The van der Waals surface area contributed by atoms with Gasteiger partial charge in [-0.1, -0.05) is 49.7 Å². The molecule has 1 aromatic rings. The van der Waals surface area contributed by atoms with Crippen molar-refractivity contribution < 1.29 is 9.53 Å². The van der Waals surface area contributed by atoms with Crippen molar-refractivity contribution in [3.63, 3.8) is 0 Å². The van der Waals surface area contributed by atoms with E-state index >= 15 is 0 Å². The zero-order chi connectivity index (χ0) is 13.7. The van der Waals surface area contributed by atoms with Gasteiger partial charge in [0.15, 0.2) is 0 Å². The molecule has 0 saturated heterocycles. The second-order valence-corrected chi connectivity index (χ2v) is 6.15. The highest BCUT2D eigenvalue weighted by atomic mass is 32.2. The maximum absolute atomic E-state index is 11.6. The SMILES string of the molecule is CCCCCC1(C)OC(=O)C=C1Sc1ccccc1. The molecule has 1 atom stereocenters. The Morgan fingerprint density at radius 3 is 2.63 bits per heavy atom. The van der Waals surface area contributed by atoms with Gasteiger partial charge in [0.1, 0.15) is 5.60 Å². The van der Waals surface area contributed by atoms with Gasteiger partial charge in [-0.05, 0) is 31.9 Å². The monoisotopic (exact) mass is 276 g/mol. The molecule has 0 N–H and O–H groups in total. The third-order valence-corrected chi connectivity index (χ3v) is 4.60. The summed E-state index contributed by atoms with van der Waals surface area (Å²) in [6.45, 7) is 4.20. The van der Waals surface area contributed by atoms with Gasteiger partial charge >= 0.3 is 5.97 Å². The second kappa shape index (κ2) is 6.29. The molecule has 0 fully saturated rings. The first-order valence-corrected chi connectivity index (χ1v) is 7.64. The van der Waals surface area contributed by atoms with E-state index in [4.69, 9.17) is 4.74 Å². The van der Waals surface area contributed by atoms with Crippen LogP contribution in [0.5, 0.6) is 0 Å². The predicted octanol–water partition coefficient (Wildman–Crippen LogP) is 4.56. The number of rotatable bonds is 6. The number of thioether (sulfide) groups is 1. The number of cyclic esters (lactones) is 1. The Labute approximate surface area is 119 Å². The van der Waals surface area contributed by atoms with E-state index < -0.39 is 5.60 Å². The maximum atomic E-state index is 11.6. The Kier molecular flexibility index (Phi) is 4.70. The minimum atomic E-state index is -0.438. The maximum Gasteiger partial charge on any atom is 0.332 e. The topological polar surface area (TPSA) is 26.3 Å². The summed E-state index contributed by atoms with van der Waals surface area (Å²) in [4.78, 5) is 13.8. The van der Waals surface area contributed by atoms with E-state index in [1.807, 2.05) is 25.1 Å². The highest BCUT2D eigenvalue weighted by Crippen LogP contribution is 2.42. The van der Waals surface area contributed by atoms with Gasteiger partial charge in [0.05, 0.1) is 0 Å². The average molecular weight is 276 g/mol. The van der Waals surface area contributed by atoms with Gasteiger partial charge in [-0.3, -0.25) is 0 Å². The number of ether oxygens (including phenoxy) is 1. The van der Waals surface area contributed by atoms with Gasteiger partial charge in [0.2, 0.25) is 0 Å². The molecule has 1 aromatic carbocycles. The van der Waals surface area contributed by atoms with Gasteiger partial charge < -0.3 is 4.74 Å². The van der Waals surface area contributed by atoms with Crippen LogP contribution >= 0.6 is 11.8 Å². The van der Waals surface area contributed by atoms with Gasteiger partial charge in [-0.2, -0.15) is 0 Å². The zero-order valence-corrected chi connectivity index (χ0v) is 12.3. The fourth-order valence-corrected chi connectivity index (χ4v) is 3.26. The van der Waals surface area contributed by atoms with Gasteiger partial charge in [-0.25, -0.2) is 4.79 Å². The van der Waals surface area contributed by atoms with E-state index in [9.17, 15) is 4.79 Å². The molecule has 19 heavy (non-hydrogen) atoms. The normalized spacial score (nSPS) is 22.2. The van der Waals surface area contributed by atoms with Crippen molar-refractivity contribution >= 4 is 17.7 Å². The van der Waals surface area contributed by atoms with E-state index in [2.05, 4.69) is 19.1 Å². The van der Waals surface area contributed by atoms with E-state index in [1.165, 1.54) is 12.8 Å². The molecular weight excluding hydrogens is 256 g/mol. The third-order valence-electron chi connectivity index (χ3n) is 3.32. The van der Waals surface area contributed by atoms with Crippen LogP contribution in [0.2, 0.25) is 0 Å². The lowest BCUT2D eigenvalue weighted by Gasteiger charge is -2.26. The highest BCUT2D eigenvalue weighted by Gasteiger charge is 2.38. The molecule has 0 spiro atoms. The lowest BCUT2D eigenvalue weighted by molar-refractivity contribution is -0.145. The van der Waals surface area contributed by atoms with Crippen LogP contribution in [0, 0.1) is 0 Å². The van der Waals surface area contributed by atoms with Crippen LogP contribution in [0.1, 0.15) is 39.5 Å². The molecule has 102 valence electrons. The van der Waals surface area contributed by atoms with Gasteiger partial charge in [0.25, 0.3) is 0 Å². The zero-order valence-electron chi connectivity index (χ0n) is 11.5. The van der Waals surface area contributed by atoms with Crippen molar-refractivity contribution in [2.75, 3.05) is 0 Å². The number of carbonyl (C=O) groups is 1. The summed E-state index contributed by atoms with van der Waals surface area (Å²) in [6, 6.07) is 10.1. The lowest BCUT2D eigenvalue weighted by atomic mass is 9.98. The van der Waals surface area contributed by atoms with E-state index in [-0.39, 0.29) is 5.97 Å². The summed E-state index contributed by atoms with van der Waals surface area (Å²) < 4.78 is 5.53. The number of benzene rings is 1. The molecule has 0 aliphatic carbocycles. The molecule has 1 unspecified atom stereocenters. The van der Waals surface area contributed by atoms with Crippen molar-refractivity contribution in [2.24, 2.45) is 0 Å². The summed E-state index contributed by atoms with van der Waals surface area (Å²) in [5, 5.41) is 0. The van der Waals surface area contributed by atoms with Crippen LogP contribution in [0.4, 0.5) is 0 Å². The third kappa shape index (κ3) is 3.63. The summed E-state index contributed by atoms with van der Waals surface area (Å²) in [6.07, 6.45) is 5.99. The lowest BCUT2D eigenvalue weighted by Crippen LogP contribution is -2.27. The molecule has 0 amide bonds. The first-order valence-electron chi connectivity index (χ1n) is 6.82. The first-order chi connectivity index (χ1) is 9.14. The molecule has 1 aliphatic rings. The van der Waals surface area contributed by atoms with Crippen LogP contribution in [0.3, 0.4) is 0 Å². The Morgan fingerprint density at radius 2 is 1.95 bits per heavy atom. The number of hydrogen-bond acceptors (Lipinski definition) is 3. The second-order valence-electron chi connectivity index (χ2n) is 5.03. The molecule has 2 nitrogen and oxygen atoms in total. The van der Waals surface area contributed by atoms with Crippen molar-refractivity contribution in [3.8, 4) is 0 Å². The average Bonchev–Trinajstić information content (AvgIpc) is 2.66. The molecule has 0 saturated carbocycles. The van der Waals surface area contributed by atoms with Crippen molar-refractivity contribution in [1.82, 2.24) is 0 Å².